The van der Waals surface area contributed by atoms with E-state index in [2.05, 4.69) is 22.9 Å². The van der Waals surface area contributed by atoms with Crippen LogP contribution in [-0.2, 0) is 0 Å². The second-order valence-electron chi connectivity index (χ2n) is 6.37. The van der Waals surface area contributed by atoms with E-state index in [4.69, 9.17) is 11.6 Å². The molecule has 4 heteroatoms. The molecule has 1 aliphatic heterocycles. The normalized spacial score (nSPS) is 20.1. The van der Waals surface area contributed by atoms with E-state index in [9.17, 15) is 5.11 Å². The number of rotatable bonds is 4. The average Bonchev–Trinajstić information content (AvgIpc) is 2.36. The number of hydrogen-bond donors (Lipinski definition) is 1. The Morgan fingerprint density at radius 3 is 2.45 bits per heavy atom. The van der Waals surface area contributed by atoms with Gasteiger partial charge in [-0.05, 0) is 38.6 Å². The predicted octanol–water partition coefficient (Wildman–Crippen LogP) is 2.44. The zero-order valence-corrected chi connectivity index (χ0v) is 13.4. The van der Waals surface area contributed by atoms with Crippen LogP contribution >= 0.6 is 11.6 Å². The van der Waals surface area contributed by atoms with E-state index in [0.29, 0.717) is 0 Å². The highest BCUT2D eigenvalue weighted by Crippen LogP contribution is 2.30. The number of likely N-dealkylation sites (N-methyl/N-ethyl adjacent to an activating group) is 1. The van der Waals surface area contributed by atoms with Crippen LogP contribution in [0.15, 0.2) is 24.3 Å². The summed E-state index contributed by atoms with van der Waals surface area (Å²) >= 11 is 6.10. The molecule has 1 atom stereocenters. The third-order valence-corrected chi connectivity index (χ3v) is 4.38. The minimum atomic E-state index is -0.756. The van der Waals surface area contributed by atoms with Gasteiger partial charge < -0.3 is 14.9 Å². The summed E-state index contributed by atoms with van der Waals surface area (Å²) in [5.74, 6) is 0.0737. The Hall–Kier alpha value is -0.610. The third-order valence-electron chi connectivity index (χ3n) is 4.14. The second kappa shape index (κ2) is 6.44. The number of benzene rings is 1. The fourth-order valence-corrected chi connectivity index (χ4v) is 2.95. The van der Waals surface area contributed by atoms with Crippen molar-refractivity contribution in [2.45, 2.75) is 25.4 Å². The molecule has 0 radical (unpaired) electrons. The van der Waals surface area contributed by atoms with E-state index in [1.165, 1.54) is 0 Å². The largest absolute Gasteiger partial charge is 0.390 e. The molecule has 3 nitrogen and oxygen atoms in total. The van der Waals surface area contributed by atoms with Crippen LogP contribution in [0.25, 0.3) is 0 Å². The third kappa shape index (κ3) is 4.19. The van der Waals surface area contributed by atoms with Crippen molar-refractivity contribution in [3.8, 4) is 0 Å². The van der Waals surface area contributed by atoms with Crippen molar-refractivity contribution >= 4 is 11.6 Å². The number of nitrogens with zero attached hydrogens (tertiary/aromatic N) is 2. The van der Waals surface area contributed by atoms with E-state index in [1.54, 1.807) is 0 Å². The van der Waals surface area contributed by atoms with E-state index < -0.39 is 5.60 Å². The highest BCUT2D eigenvalue weighted by Gasteiger charge is 2.31. The van der Waals surface area contributed by atoms with Crippen LogP contribution in [0.2, 0.25) is 5.02 Å². The molecule has 20 heavy (non-hydrogen) atoms. The Morgan fingerprint density at radius 2 is 1.90 bits per heavy atom. The number of hydrogen-bond acceptors (Lipinski definition) is 3. The molecule has 1 aromatic carbocycles. The summed E-state index contributed by atoms with van der Waals surface area (Å²) in [7, 11) is 2.15. The fraction of sp³-hybridized carbons (Fsp3) is 0.625. The van der Waals surface area contributed by atoms with Crippen LogP contribution in [0.5, 0.6) is 0 Å². The molecule has 1 aromatic rings. The minimum Gasteiger partial charge on any atom is -0.390 e. The van der Waals surface area contributed by atoms with Crippen LogP contribution < -0.4 is 0 Å². The van der Waals surface area contributed by atoms with E-state index >= 15 is 0 Å². The first-order chi connectivity index (χ1) is 9.36. The summed E-state index contributed by atoms with van der Waals surface area (Å²) in [5.41, 5.74) is 0.359. The van der Waals surface area contributed by atoms with Gasteiger partial charge in [-0.25, -0.2) is 0 Å². The summed E-state index contributed by atoms with van der Waals surface area (Å²) in [6, 6.07) is 7.87. The van der Waals surface area contributed by atoms with Crippen molar-refractivity contribution in [2.24, 2.45) is 0 Å². The van der Waals surface area contributed by atoms with Crippen molar-refractivity contribution < 1.29 is 5.11 Å². The van der Waals surface area contributed by atoms with Gasteiger partial charge in [0.05, 0.1) is 5.60 Å². The first kappa shape index (κ1) is 15.8. The Kier molecular flexibility index (Phi) is 5.08. The van der Waals surface area contributed by atoms with Crippen LogP contribution in [0.3, 0.4) is 0 Å². The molecule has 1 saturated heterocycles. The summed E-state index contributed by atoms with van der Waals surface area (Å²) in [5, 5.41) is 11.3. The Balaban J connectivity index is 2.13. The summed E-state index contributed by atoms with van der Waals surface area (Å²) in [4.78, 5) is 4.78. The lowest BCUT2D eigenvalue weighted by Crippen LogP contribution is -2.48. The minimum absolute atomic E-state index is 0.0737. The first-order valence-electron chi connectivity index (χ1n) is 7.25. The van der Waals surface area contributed by atoms with E-state index in [1.807, 2.05) is 32.0 Å². The maximum Gasteiger partial charge on any atom is 0.0672 e. The quantitative estimate of drug-likeness (QED) is 0.924. The summed E-state index contributed by atoms with van der Waals surface area (Å²) in [6.45, 7) is 8.94. The first-order valence-corrected chi connectivity index (χ1v) is 7.63. The highest BCUT2D eigenvalue weighted by molar-refractivity contribution is 6.30. The lowest BCUT2D eigenvalue weighted by atomic mass is 9.84. The molecule has 0 amide bonds. The molecule has 1 N–H and O–H groups in total. The van der Waals surface area contributed by atoms with Crippen LogP contribution in [0, 0.1) is 0 Å². The van der Waals surface area contributed by atoms with Crippen LogP contribution in [0.4, 0.5) is 0 Å². The van der Waals surface area contributed by atoms with Gasteiger partial charge >= 0.3 is 0 Å². The van der Waals surface area contributed by atoms with Crippen LogP contribution in [-0.4, -0.2) is 60.3 Å². The van der Waals surface area contributed by atoms with Gasteiger partial charge in [0.25, 0.3) is 0 Å². The van der Waals surface area contributed by atoms with Gasteiger partial charge in [0.15, 0.2) is 0 Å². The average molecular weight is 297 g/mol. The zero-order valence-electron chi connectivity index (χ0n) is 12.6. The van der Waals surface area contributed by atoms with Gasteiger partial charge in [-0.3, -0.25) is 0 Å². The number of piperazine rings is 1. The topological polar surface area (TPSA) is 26.7 Å². The Morgan fingerprint density at radius 1 is 1.25 bits per heavy atom. The van der Waals surface area contributed by atoms with Crippen molar-refractivity contribution in [3.63, 3.8) is 0 Å². The van der Waals surface area contributed by atoms with Gasteiger partial charge in [-0.15, -0.1) is 0 Å². The molecular formula is C16H25ClN2O. The summed E-state index contributed by atoms with van der Waals surface area (Å²) in [6.07, 6.45) is 0. The second-order valence-corrected chi connectivity index (χ2v) is 6.80. The number of aliphatic hydroxyl groups is 1. The van der Waals surface area contributed by atoms with Crippen molar-refractivity contribution in [3.05, 3.63) is 34.9 Å². The molecule has 0 aromatic heterocycles. The molecule has 112 valence electrons. The molecule has 0 aliphatic carbocycles. The predicted molar refractivity (Wildman–Crippen MR) is 84.4 cm³/mol. The number of halogens is 1. The Labute approximate surface area is 127 Å². The zero-order chi connectivity index (χ0) is 14.8. The molecule has 0 saturated carbocycles. The molecule has 0 spiro atoms. The lowest BCUT2D eigenvalue weighted by molar-refractivity contribution is 0.0275. The molecule has 0 unspecified atom stereocenters. The van der Waals surface area contributed by atoms with E-state index in [0.717, 1.165) is 43.3 Å². The smallest absolute Gasteiger partial charge is 0.0672 e. The van der Waals surface area contributed by atoms with Gasteiger partial charge in [0.2, 0.25) is 0 Å². The van der Waals surface area contributed by atoms with Gasteiger partial charge in [-0.1, -0.05) is 23.7 Å². The van der Waals surface area contributed by atoms with Crippen molar-refractivity contribution in [2.75, 3.05) is 39.8 Å². The molecule has 1 heterocycles. The van der Waals surface area contributed by atoms with Gasteiger partial charge in [0.1, 0.15) is 0 Å². The molecule has 2 rings (SSSR count). The standard InChI is InChI=1S/C16H25ClN2O/c1-16(2,20)15(13-5-4-6-14(17)11-13)12-19-9-7-18(3)8-10-19/h4-6,11,15,20H,7-10,12H2,1-3H3/t15-/m0/s1. The van der Waals surface area contributed by atoms with Crippen molar-refractivity contribution in [1.82, 2.24) is 9.80 Å². The molecule has 1 fully saturated rings. The molecule has 1 aliphatic rings. The summed E-state index contributed by atoms with van der Waals surface area (Å²) < 4.78 is 0. The maximum absolute atomic E-state index is 10.5. The molecule has 0 bridgehead atoms. The fourth-order valence-electron chi connectivity index (χ4n) is 2.75. The Bertz CT molecular complexity index is 436. The highest BCUT2D eigenvalue weighted by atomic mass is 35.5. The lowest BCUT2D eigenvalue weighted by Gasteiger charge is -2.38. The molecular weight excluding hydrogens is 272 g/mol. The van der Waals surface area contributed by atoms with Crippen molar-refractivity contribution in [1.29, 1.82) is 0 Å². The van der Waals surface area contributed by atoms with E-state index in [-0.39, 0.29) is 5.92 Å². The monoisotopic (exact) mass is 296 g/mol. The van der Waals surface area contributed by atoms with Crippen LogP contribution in [0.1, 0.15) is 25.3 Å². The van der Waals surface area contributed by atoms with Gasteiger partial charge in [0, 0.05) is 43.7 Å². The van der Waals surface area contributed by atoms with Gasteiger partial charge in [-0.2, -0.15) is 0 Å². The SMILES string of the molecule is CN1CCN(C[C@@H](c2cccc(Cl)c2)C(C)(C)O)CC1. The maximum atomic E-state index is 10.5.